The molecule has 0 spiro atoms. The molecule has 2 aliphatic heterocycles. The molecule has 0 saturated carbocycles. The number of aromatic nitrogens is 2. The third kappa shape index (κ3) is 2.65. The van der Waals surface area contributed by atoms with Gasteiger partial charge in [-0.3, -0.25) is 9.89 Å². The Labute approximate surface area is 150 Å². The van der Waals surface area contributed by atoms with E-state index < -0.39 is 16.1 Å². The van der Waals surface area contributed by atoms with Crippen molar-refractivity contribution < 1.29 is 13.2 Å². The molecule has 9 heteroatoms. The van der Waals surface area contributed by atoms with Crippen LogP contribution < -0.4 is 0 Å². The first kappa shape index (κ1) is 16.6. The molecule has 2 aromatic rings. The SMILES string of the molecule is CC(=O)N1CC2Cc3[nH]ncc3C(C1)N2S(=O)(=O)c1ccc(Cl)cc1. The number of benzene rings is 1. The van der Waals surface area contributed by atoms with Crippen LogP contribution in [0, 0.1) is 0 Å². The van der Waals surface area contributed by atoms with Crippen molar-refractivity contribution in [3.63, 3.8) is 0 Å². The lowest BCUT2D eigenvalue weighted by Gasteiger charge is -2.48. The number of rotatable bonds is 2. The molecule has 2 bridgehead atoms. The number of H-pyrrole nitrogens is 1. The van der Waals surface area contributed by atoms with Crippen LogP contribution in [0.1, 0.15) is 24.2 Å². The van der Waals surface area contributed by atoms with Crippen LogP contribution in [0.4, 0.5) is 0 Å². The van der Waals surface area contributed by atoms with Crippen LogP contribution in [0.5, 0.6) is 0 Å². The second-order valence-corrected chi connectivity index (χ2v) is 8.67. The number of nitrogens with one attached hydrogen (secondary N) is 1. The Hall–Kier alpha value is -1.90. The molecule has 1 aromatic heterocycles. The van der Waals surface area contributed by atoms with Gasteiger partial charge in [0.25, 0.3) is 0 Å². The minimum Gasteiger partial charge on any atom is -0.339 e. The van der Waals surface area contributed by atoms with Gasteiger partial charge in [-0.25, -0.2) is 8.42 Å². The van der Waals surface area contributed by atoms with E-state index in [-0.39, 0.29) is 16.8 Å². The number of nitrogens with zero attached hydrogens (tertiary/aromatic N) is 3. The first-order valence-corrected chi connectivity index (χ1v) is 9.76. The summed E-state index contributed by atoms with van der Waals surface area (Å²) in [4.78, 5) is 13.8. The smallest absolute Gasteiger partial charge is 0.244 e. The molecular weight excluding hydrogens is 364 g/mol. The van der Waals surface area contributed by atoms with Gasteiger partial charge >= 0.3 is 0 Å². The van der Waals surface area contributed by atoms with E-state index in [1.54, 1.807) is 23.2 Å². The standard InChI is InChI=1S/C16H17ClN4O3S/c1-10(22)20-8-12-6-15-14(7-18-19-15)16(9-20)21(12)25(23,24)13-4-2-11(17)3-5-13/h2-5,7,12,16H,6,8-9H2,1H3,(H,18,19). The van der Waals surface area contributed by atoms with E-state index in [1.165, 1.54) is 23.4 Å². The molecule has 0 radical (unpaired) electrons. The molecule has 2 atom stereocenters. The first-order valence-electron chi connectivity index (χ1n) is 7.94. The number of sulfonamides is 1. The van der Waals surface area contributed by atoms with Crippen LogP contribution in [0.25, 0.3) is 0 Å². The van der Waals surface area contributed by atoms with E-state index in [2.05, 4.69) is 10.2 Å². The van der Waals surface area contributed by atoms with Crippen LogP contribution in [-0.2, 0) is 21.2 Å². The summed E-state index contributed by atoms with van der Waals surface area (Å²) in [5, 5.41) is 7.51. The van der Waals surface area contributed by atoms with E-state index in [4.69, 9.17) is 11.6 Å². The highest BCUT2D eigenvalue weighted by Gasteiger charge is 2.48. The van der Waals surface area contributed by atoms with Crippen molar-refractivity contribution >= 4 is 27.5 Å². The van der Waals surface area contributed by atoms with Gasteiger partial charge in [-0.1, -0.05) is 11.6 Å². The lowest BCUT2D eigenvalue weighted by atomic mass is 9.92. The molecule has 1 aromatic carbocycles. The molecule has 132 valence electrons. The lowest BCUT2D eigenvalue weighted by Crippen LogP contribution is -2.60. The Bertz CT molecular complexity index is 925. The van der Waals surface area contributed by atoms with Gasteiger partial charge in [-0.15, -0.1) is 0 Å². The zero-order valence-corrected chi connectivity index (χ0v) is 15.1. The van der Waals surface area contributed by atoms with Gasteiger partial charge in [0.1, 0.15) is 0 Å². The quantitative estimate of drug-likeness (QED) is 0.857. The zero-order chi connectivity index (χ0) is 17.8. The Kier molecular flexibility index (Phi) is 3.86. The van der Waals surface area contributed by atoms with Crippen LogP contribution in [0.15, 0.2) is 35.4 Å². The summed E-state index contributed by atoms with van der Waals surface area (Å²) in [6.45, 7) is 2.21. The fraction of sp³-hybridized carbons (Fsp3) is 0.375. The summed E-state index contributed by atoms with van der Waals surface area (Å²) in [5.74, 6) is -0.0505. The Morgan fingerprint density at radius 3 is 2.68 bits per heavy atom. The third-order valence-corrected chi connectivity index (χ3v) is 7.10. The van der Waals surface area contributed by atoms with Gasteiger partial charge < -0.3 is 4.90 Å². The predicted octanol–water partition coefficient (Wildman–Crippen LogP) is 1.58. The van der Waals surface area contributed by atoms with Crippen LogP contribution >= 0.6 is 11.6 Å². The van der Waals surface area contributed by atoms with E-state index in [0.29, 0.717) is 24.5 Å². The van der Waals surface area contributed by atoms with Crippen LogP contribution in [0.2, 0.25) is 5.02 Å². The minimum atomic E-state index is -3.71. The molecule has 25 heavy (non-hydrogen) atoms. The average molecular weight is 381 g/mol. The molecular formula is C16H17ClN4O3S. The molecule has 1 fully saturated rings. The maximum absolute atomic E-state index is 13.3. The van der Waals surface area contributed by atoms with Gasteiger partial charge in [0.05, 0.1) is 17.1 Å². The fourth-order valence-electron chi connectivity index (χ4n) is 3.70. The van der Waals surface area contributed by atoms with Crippen molar-refractivity contribution in [3.05, 3.63) is 46.7 Å². The molecule has 1 saturated heterocycles. The molecule has 1 amide bonds. The maximum atomic E-state index is 13.3. The average Bonchev–Trinajstić information content (AvgIpc) is 3.02. The number of hydrogen-bond donors (Lipinski definition) is 1. The zero-order valence-electron chi connectivity index (χ0n) is 13.5. The number of amides is 1. The van der Waals surface area contributed by atoms with Crippen molar-refractivity contribution in [2.45, 2.75) is 30.3 Å². The van der Waals surface area contributed by atoms with Crippen molar-refractivity contribution in [1.82, 2.24) is 19.4 Å². The predicted molar refractivity (Wildman–Crippen MR) is 91.6 cm³/mol. The summed E-state index contributed by atoms with van der Waals surface area (Å²) in [5.41, 5.74) is 1.78. The lowest BCUT2D eigenvalue weighted by molar-refractivity contribution is -0.132. The van der Waals surface area contributed by atoms with E-state index >= 15 is 0 Å². The number of fused-ring (bicyclic) bond motifs is 4. The second-order valence-electron chi connectivity index (χ2n) is 6.39. The van der Waals surface area contributed by atoms with Crippen molar-refractivity contribution in [1.29, 1.82) is 0 Å². The van der Waals surface area contributed by atoms with Gasteiger partial charge in [-0.05, 0) is 24.3 Å². The molecule has 4 rings (SSSR count). The highest BCUT2D eigenvalue weighted by atomic mass is 35.5. The van der Waals surface area contributed by atoms with E-state index in [0.717, 1.165) is 11.3 Å². The Morgan fingerprint density at radius 1 is 1.28 bits per heavy atom. The molecule has 2 aliphatic rings. The van der Waals surface area contributed by atoms with Gasteiger partial charge in [0.2, 0.25) is 15.9 Å². The number of aromatic amines is 1. The van der Waals surface area contributed by atoms with Crippen molar-refractivity contribution in [3.8, 4) is 0 Å². The number of piperazine rings is 1. The highest BCUT2D eigenvalue weighted by Crippen LogP contribution is 2.40. The summed E-state index contributed by atoms with van der Waals surface area (Å²) in [7, 11) is -3.71. The monoisotopic (exact) mass is 380 g/mol. The van der Waals surface area contributed by atoms with E-state index in [1.807, 2.05) is 0 Å². The first-order chi connectivity index (χ1) is 11.9. The molecule has 2 unspecified atom stereocenters. The Balaban J connectivity index is 1.79. The largest absolute Gasteiger partial charge is 0.339 e. The van der Waals surface area contributed by atoms with Gasteiger partial charge in [0, 0.05) is 48.8 Å². The normalized spacial score (nSPS) is 23.4. The van der Waals surface area contributed by atoms with Gasteiger partial charge in [-0.2, -0.15) is 9.40 Å². The number of carbonyl (C=O) groups excluding carboxylic acids is 1. The number of hydrogen-bond acceptors (Lipinski definition) is 4. The third-order valence-electron chi connectivity index (χ3n) is 4.88. The highest BCUT2D eigenvalue weighted by molar-refractivity contribution is 7.89. The molecule has 1 N–H and O–H groups in total. The number of halogens is 1. The molecule has 0 aliphatic carbocycles. The van der Waals surface area contributed by atoms with E-state index in [9.17, 15) is 13.2 Å². The van der Waals surface area contributed by atoms with Crippen LogP contribution in [0.3, 0.4) is 0 Å². The fourth-order valence-corrected chi connectivity index (χ4v) is 5.60. The molecule has 3 heterocycles. The summed E-state index contributed by atoms with van der Waals surface area (Å²) >= 11 is 5.88. The Morgan fingerprint density at radius 2 is 2.00 bits per heavy atom. The number of carbonyl (C=O) groups is 1. The maximum Gasteiger partial charge on any atom is 0.244 e. The summed E-state index contributed by atoms with van der Waals surface area (Å²) in [6.07, 6.45) is 2.16. The molecule has 7 nitrogen and oxygen atoms in total. The minimum absolute atomic E-state index is 0.0505. The second kappa shape index (κ2) is 5.82. The van der Waals surface area contributed by atoms with Gasteiger partial charge in [0.15, 0.2) is 0 Å². The topological polar surface area (TPSA) is 86.4 Å². The van der Waals surface area contributed by atoms with Crippen molar-refractivity contribution in [2.24, 2.45) is 0 Å². The van der Waals surface area contributed by atoms with Crippen LogP contribution in [-0.4, -0.2) is 52.9 Å². The summed E-state index contributed by atoms with van der Waals surface area (Å²) < 4.78 is 28.1. The summed E-state index contributed by atoms with van der Waals surface area (Å²) in [6, 6.07) is 5.41. The van der Waals surface area contributed by atoms with Crippen molar-refractivity contribution in [2.75, 3.05) is 13.1 Å².